The van der Waals surface area contributed by atoms with Gasteiger partial charge in [-0.25, -0.2) is 0 Å². The number of ether oxygens (including phenoxy) is 1. The van der Waals surface area contributed by atoms with E-state index in [1.54, 1.807) is 0 Å². The number of nitrogens with zero attached hydrogens (tertiary/aromatic N) is 1. The van der Waals surface area contributed by atoms with Crippen LogP contribution in [0.3, 0.4) is 0 Å². The number of hydrogen-bond acceptors (Lipinski definition) is 2. The highest BCUT2D eigenvalue weighted by Crippen LogP contribution is 2.08. The van der Waals surface area contributed by atoms with Crippen molar-refractivity contribution >= 4 is 5.96 Å². The maximum absolute atomic E-state index is 5.65. The number of benzene rings is 1. The van der Waals surface area contributed by atoms with Crippen LogP contribution in [0.1, 0.15) is 33.6 Å². The molecule has 0 unspecified atom stereocenters. The van der Waals surface area contributed by atoms with Gasteiger partial charge in [0.15, 0.2) is 5.96 Å². The fourth-order valence-corrected chi connectivity index (χ4v) is 1.70. The highest BCUT2D eigenvalue weighted by Gasteiger charge is 1.98. The zero-order chi connectivity index (χ0) is 14.6. The van der Waals surface area contributed by atoms with Crippen LogP contribution in [0.4, 0.5) is 0 Å². The molecule has 0 spiro atoms. The maximum atomic E-state index is 5.65. The minimum atomic E-state index is 0.397. The van der Waals surface area contributed by atoms with Gasteiger partial charge in [0, 0.05) is 19.1 Å². The molecule has 0 aromatic heterocycles. The van der Waals surface area contributed by atoms with Gasteiger partial charge in [-0.1, -0.05) is 18.2 Å². The third-order valence-corrected chi connectivity index (χ3v) is 2.60. The Morgan fingerprint density at radius 1 is 1.20 bits per heavy atom. The van der Waals surface area contributed by atoms with E-state index in [1.165, 1.54) is 0 Å². The molecule has 2 N–H and O–H groups in total. The Kier molecular flexibility index (Phi) is 8.27. The lowest BCUT2D eigenvalue weighted by Gasteiger charge is -2.13. The van der Waals surface area contributed by atoms with Gasteiger partial charge in [-0.2, -0.15) is 0 Å². The van der Waals surface area contributed by atoms with E-state index in [1.807, 2.05) is 30.3 Å². The summed E-state index contributed by atoms with van der Waals surface area (Å²) >= 11 is 0. The third-order valence-electron chi connectivity index (χ3n) is 2.60. The molecule has 0 fully saturated rings. The van der Waals surface area contributed by atoms with Crippen LogP contribution in [0.25, 0.3) is 0 Å². The van der Waals surface area contributed by atoms with Crippen LogP contribution in [0.2, 0.25) is 0 Å². The van der Waals surface area contributed by atoms with Crippen LogP contribution in [0, 0.1) is 0 Å². The number of nitrogens with one attached hydrogen (secondary N) is 2. The zero-order valence-corrected chi connectivity index (χ0v) is 12.9. The number of hydrogen-bond donors (Lipinski definition) is 2. The molecule has 0 aliphatic carbocycles. The highest BCUT2D eigenvalue weighted by atomic mass is 16.5. The summed E-state index contributed by atoms with van der Waals surface area (Å²) in [6, 6.07) is 10.3. The van der Waals surface area contributed by atoms with Crippen molar-refractivity contribution in [1.82, 2.24) is 10.6 Å². The molecule has 0 bridgehead atoms. The number of guanidine groups is 1. The first-order chi connectivity index (χ1) is 9.72. The molecule has 0 heterocycles. The maximum Gasteiger partial charge on any atom is 0.191 e. The Morgan fingerprint density at radius 2 is 1.95 bits per heavy atom. The third kappa shape index (κ3) is 7.67. The van der Waals surface area contributed by atoms with Gasteiger partial charge >= 0.3 is 0 Å². The zero-order valence-electron chi connectivity index (χ0n) is 12.9. The van der Waals surface area contributed by atoms with Crippen molar-refractivity contribution in [3.05, 3.63) is 30.3 Å². The first kappa shape index (κ1) is 16.3. The first-order valence-electron chi connectivity index (χ1n) is 7.45. The van der Waals surface area contributed by atoms with Crippen molar-refractivity contribution < 1.29 is 4.74 Å². The number of aliphatic imine (C=N–C) groups is 1. The highest BCUT2D eigenvalue weighted by molar-refractivity contribution is 5.79. The lowest BCUT2D eigenvalue weighted by Crippen LogP contribution is -2.41. The Morgan fingerprint density at radius 3 is 2.60 bits per heavy atom. The standard InChI is InChI=1S/C16H27N3O/c1-4-17-16(19-14(2)3)18-12-8-9-13-20-15-10-6-5-7-11-15/h5-7,10-11,14H,4,8-9,12-13H2,1-3H3,(H2,17,18,19). The Bertz CT molecular complexity index is 377. The van der Waals surface area contributed by atoms with Crippen LogP contribution in [0.5, 0.6) is 5.75 Å². The molecule has 20 heavy (non-hydrogen) atoms. The van der Waals surface area contributed by atoms with Crippen LogP contribution < -0.4 is 15.4 Å². The minimum absolute atomic E-state index is 0.397. The van der Waals surface area contributed by atoms with Crippen LogP contribution in [0.15, 0.2) is 35.3 Å². The Labute approximate surface area is 122 Å². The van der Waals surface area contributed by atoms with E-state index in [9.17, 15) is 0 Å². The molecule has 4 nitrogen and oxygen atoms in total. The van der Waals surface area contributed by atoms with E-state index >= 15 is 0 Å². The van der Waals surface area contributed by atoms with Crippen molar-refractivity contribution in [2.75, 3.05) is 19.7 Å². The first-order valence-corrected chi connectivity index (χ1v) is 7.45. The van der Waals surface area contributed by atoms with E-state index in [0.29, 0.717) is 6.04 Å². The molecule has 1 aromatic rings. The van der Waals surface area contributed by atoms with Crippen molar-refractivity contribution in [2.24, 2.45) is 4.99 Å². The molecule has 0 amide bonds. The number of rotatable bonds is 8. The van der Waals surface area contributed by atoms with E-state index in [2.05, 4.69) is 36.4 Å². The van der Waals surface area contributed by atoms with Gasteiger partial charge in [0.25, 0.3) is 0 Å². The lowest BCUT2D eigenvalue weighted by atomic mass is 10.3. The van der Waals surface area contributed by atoms with E-state index in [4.69, 9.17) is 4.74 Å². The second kappa shape index (κ2) is 10.1. The van der Waals surface area contributed by atoms with Crippen LogP contribution >= 0.6 is 0 Å². The average molecular weight is 277 g/mol. The molecule has 112 valence electrons. The average Bonchev–Trinajstić information content (AvgIpc) is 2.43. The molecule has 0 saturated heterocycles. The molecule has 1 aromatic carbocycles. The SMILES string of the molecule is CCNC(=NCCCCOc1ccccc1)NC(C)C. The normalized spacial score (nSPS) is 11.5. The van der Waals surface area contributed by atoms with Crippen molar-refractivity contribution in [1.29, 1.82) is 0 Å². The van der Waals surface area contributed by atoms with Gasteiger partial charge in [-0.3, -0.25) is 4.99 Å². The largest absolute Gasteiger partial charge is 0.494 e. The summed E-state index contributed by atoms with van der Waals surface area (Å²) in [6.45, 7) is 8.75. The summed E-state index contributed by atoms with van der Waals surface area (Å²) in [5.74, 6) is 1.83. The minimum Gasteiger partial charge on any atom is -0.494 e. The van der Waals surface area contributed by atoms with Crippen LogP contribution in [-0.2, 0) is 0 Å². The number of unbranched alkanes of at least 4 members (excludes halogenated alkanes) is 1. The number of para-hydroxylation sites is 1. The molecule has 0 atom stereocenters. The monoisotopic (exact) mass is 277 g/mol. The van der Waals surface area contributed by atoms with Gasteiger partial charge < -0.3 is 15.4 Å². The van der Waals surface area contributed by atoms with E-state index in [-0.39, 0.29) is 0 Å². The quantitative estimate of drug-likeness (QED) is 0.436. The van der Waals surface area contributed by atoms with Gasteiger partial charge in [0.1, 0.15) is 5.75 Å². The summed E-state index contributed by atoms with van der Waals surface area (Å²) in [4.78, 5) is 4.54. The topological polar surface area (TPSA) is 45.7 Å². The summed E-state index contributed by atoms with van der Waals surface area (Å²) in [6.07, 6.45) is 2.04. The molecule has 1 rings (SSSR count). The lowest BCUT2D eigenvalue weighted by molar-refractivity contribution is 0.308. The molecular weight excluding hydrogens is 250 g/mol. The van der Waals surface area contributed by atoms with Crippen molar-refractivity contribution in [2.45, 2.75) is 39.7 Å². The molecular formula is C16H27N3O. The molecule has 4 heteroatoms. The van der Waals surface area contributed by atoms with E-state index < -0.39 is 0 Å². The Hall–Kier alpha value is -1.71. The fraction of sp³-hybridized carbons (Fsp3) is 0.562. The molecule has 0 aliphatic rings. The van der Waals surface area contributed by atoms with E-state index in [0.717, 1.165) is 44.2 Å². The van der Waals surface area contributed by atoms with Gasteiger partial charge in [0.2, 0.25) is 0 Å². The van der Waals surface area contributed by atoms with Gasteiger partial charge in [0.05, 0.1) is 6.61 Å². The Balaban J connectivity index is 2.15. The smallest absolute Gasteiger partial charge is 0.191 e. The molecule has 0 aliphatic heterocycles. The summed E-state index contributed by atoms with van der Waals surface area (Å²) in [5.41, 5.74) is 0. The van der Waals surface area contributed by atoms with Crippen molar-refractivity contribution in [3.8, 4) is 5.75 Å². The summed E-state index contributed by atoms with van der Waals surface area (Å²) in [5, 5.41) is 6.54. The predicted molar refractivity (Wildman–Crippen MR) is 85.4 cm³/mol. The summed E-state index contributed by atoms with van der Waals surface area (Å²) < 4.78 is 5.65. The van der Waals surface area contributed by atoms with Crippen molar-refractivity contribution in [3.63, 3.8) is 0 Å². The predicted octanol–water partition coefficient (Wildman–Crippen LogP) is 2.81. The second-order valence-corrected chi connectivity index (χ2v) is 4.93. The van der Waals surface area contributed by atoms with Crippen LogP contribution in [-0.4, -0.2) is 31.7 Å². The molecule has 0 saturated carbocycles. The van der Waals surface area contributed by atoms with Gasteiger partial charge in [-0.15, -0.1) is 0 Å². The fourth-order valence-electron chi connectivity index (χ4n) is 1.70. The van der Waals surface area contributed by atoms with Gasteiger partial charge in [-0.05, 0) is 45.7 Å². The summed E-state index contributed by atoms with van der Waals surface area (Å²) in [7, 11) is 0. The second-order valence-electron chi connectivity index (χ2n) is 4.93. The molecule has 0 radical (unpaired) electrons.